The van der Waals surface area contributed by atoms with Gasteiger partial charge in [0.1, 0.15) is 0 Å². The van der Waals surface area contributed by atoms with Crippen LogP contribution < -0.4 is 0 Å². The lowest BCUT2D eigenvalue weighted by molar-refractivity contribution is -0.173. The van der Waals surface area contributed by atoms with Gasteiger partial charge in [0.05, 0.1) is 26.6 Å². The van der Waals surface area contributed by atoms with Gasteiger partial charge in [0, 0.05) is 6.54 Å². The smallest absolute Gasteiger partial charge is 0.0809 e. The molecule has 0 aromatic heterocycles. The summed E-state index contributed by atoms with van der Waals surface area (Å²) in [5.74, 6) is 1.61. The molecule has 2 heterocycles. The molecule has 2 aliphatic heterocycles. The Morgan fingerprint density at radius 3 is 2.48 bits per heavy atom. The van der Waals surface area contributed by atoms with Crippen LogP contribution in [0.4, 0.5) is 0 Å². The molecular formula is C17H30BNOS. The first kappa shape index (κ1) is 16.2. The van der Waals surface area contributed by atoms with Crippen LogP contribution >= 0.6 is 11.9 Å². The molecule has 0 amide bonds. The molecule has 3 aliphatic rings. The molecule has 0 bridgehead atoms. The molecule has 3 atom stereocenters. The van der Waals surface area contributed by atoms with E-state index in [1.807, 2.05) is 11.9 Å². The van der Waals surface area contributed by atoms with E-state index in [9.17, 15) is 0 Å². The third-order valence-corrected chi connectivity index (χ3v) is 7.90. The molecule has 0 aromatic carbocycles. The standard InChI is InChI=1S/C17H30BNOS/c1-15(2)10-13-7-9-19(21-4)17(11-20-12-17)14(13)6-5-8-16(15,3)18/h13-14H,5-12H2,1-4H3. The van der Waals surface area contributed by atoms with Gasteiger partial charge in [-0.2, -0.15) is 0 Å². The summed E-state index contributed by atoms with van der Waals surface area (Å²) < 4.78 is 8.31. The Labute approximate surface area is 136 Å². The van der Waals surface area contributed by atoms with Gasteiger partial charge in [-0.05, 0) is 42.8 Å². The molecule has 1 spiro atoms. The second kappa shape index (κ2) is 5.45. The Hall–Kier alpha value is 0.335. The van der Waals surface area contributed by atoms with Crippen LogP contribution in [0.2, 0.25) is 5.31 Å². The van der Waals surface area contributed by atoms with E-state index in [-0.39, 0.29) is 10.7 Å². The molecule has 2 nitrogen and oxygen atoms in total. The summed E-state index contributed by atoms with van der Waals surface area (Å²) in [5.41, 5.74) is 0.546. The molecule has 3 unspecified atom stereocenters. The van der Waals surface area contributed by atoms with Crippen LogP contribution in [-0.4, -0.2) is 43.7 Å². The highest BCUT2D eigenvalue weighted by molar-refractivity contribution is 7.96. The first-order valence-corrected chi connectivity index (χ1v) is 9.69. The van der Waals surface area contributed by atoms with Crippen LogP contribution in [0.3, 0.4) is 0 Å². The minimum Gasteiger partial charge on any atom is -0.377 e. The fourth-order valence-electron chi connectivity index (χ4n) is 4.94. The zero-order chi connectivity index (χ0) is 15.3. The predicted octanol–water partition coefficient (Wildman–Crippen LogP) is 3.92. The second-order valence-electron chi connectivity index (χ2n) is 8.43. The van der Waals surface area contributed by atoms with Crippen LogP contribution in [-0.2, 0) is 4.74 Å². The van der Waals surface area contributed by atoms with Gasteiger partial charge in [0.2, 0.25) is 0 Å². The van der Waals surface area contributed by atoms with Crippen LogP contribution in [0, 0.1) is 17.3 Å². The van der Waals surface area contributed by atoms with E-state index in [0.29, 0.717) is 5.54 Å². The molecule has 4 heteroatoms. The number of hydrogen-bond acceptors (Lipinski definition) is 3. The first-order valence-electron chi connectivity index (χ1n) is 8.51. The van der Waals surface area contributed by atoms with Gasteiger partial charge in [0.15, 0.2) is 0 Å². The summed E-state index contributed by atoms with van der Waals surface area (Å²) in [4.78, 5) is 0. The summed E-state index contributed by atoms with van der Waals surface area (Å²) in [6.07, 6.45) is 8.57. The maximum absolute atomic E-state index is 6.68. The topological polar surface area (TPSA) is 12.5 Å². The third kappa shape index (κ3) is 2.50. The number of piperidine rings is 1. The van der Waals surface area contributed by atoms with Gasteiger partial charge in [-0.25, -0.2) is 4.31 Å². The summed E-state index contributed by atoms with van der Waals surface area (Å²) in [6, 6.07) is 0. The number of fused-ring (bicyclic) bond motifs is 2. The Bertz CT molecular complexity index is 394. The monoisotopic (exact) mass is 307 g/mol. The molecule has 21 heavy (non-hydrogen) atoms. The van der Waals surface area contributed by atoms with Gasteiger partial charge in [-0.3, -0.25) is 0 Å². The number of hydrogen-bond donors (Lipinski definition) is 0. The third-order valence-electron chi connectivity index (χ3n) is 6.91. The van der Waals surface area contributed by atoms with Gasteiger partial charge >= 0.3 is 0 Å². The highest BCUT2D eigenvalue weighted by Gasteiger charge is 2.56. The van der Waals surface area contributed by atoms with Crippen molar-refractivity contribution in [2.24, 2.45) is 17.3 Å². The van der Waals surface area contributed by atoms with Crippen molar-refractivity contribution in [3.05, 3.63) is 0 Å². The van der Waals surface area contributed by atoms with Gasteiger partial charge < -0.3 is 4.74 Å². The van der Waals surface area contributed by atoms with Crippen LogP contribution in [0.25, 0.3) is 0 Å². The van der Waals surface area contributed by atoms with E-state index in [0.717, 1.165) is 31.5 Å². The molecule has 0 N–H and O–H groups in total. The summed E-state index contributed by atoms with van der Waals surface area (Å²) >= 11 is 1.92. The fourth-order valence-corrected chi connectivity index (χ4v) is 5.83. The highest BCUT2D eigenvalue weighted by Crippen LogP contribution is 2.58. The molecular weight excluding hydrogens is 277 g/mol. The Morgan fingerprint density at radius 1 is 1.19 bits per heavy atom. The molecule has 2 saturated heterocycles. The Balaban J connectivity index is 1.86. The summed E-state index contributed by atoms with van der Waals surface area (Å²) in [5, 5.41) is -0.0299. The van der Waals surface area contributed by atoms with Crippen molar-refractivity contribution >= 4 is 19.8 Å². The van der Waals surface area contributed by atoms with Crippen molar-refractivity contribution in [3.8, 4) is 0 Å². The quantitative estimate of drug-likeness (QED) is 0.538. The second-order valence-corrected chi connectivity index (χ2v) is 9.24. The largest absolute Gasteiger partial charge is 0.377 e. The van der Waals surface area contributed by atoms with E-state index in [4.69, 9.17) is 12.6 Å². The SMILES string of the molecule is [B]C1(C)CCCC2C(CCN(SC)C23COC3)CC1(C)C. The van der Waals surface area contributed by atoms with Crippen LogP contribution in [0.1, 0.15) is 52.9 Å². The lowest BCUT2D eigenvalue weighted by Gasteiger charge is -2.61. The zero-order valence-electron chi connectivity index (χ0n) is 14.2. The van der Waals surface area contributed by atoms with Crippen molar-refractivity contribution in [2.75, 3.05) is 26.0 Å². The number of ether oxygens (including phenoxy) is 1. The Kier molecular flexibility index (Phi) is 4.21. The van der Waals surface area contributed by atoms with E-state index in [1.165, 1.54) is 32.2 Å². The molecule has 3 fully saturated rings. The zero-order valence-corrected chi connectivity index (χ0v) is 15.0. The van der Waals surface area contributed by atoms with E-state index < -0.39 is 0 Å². The van der Waals surface area contributed by atoms with Crippen molar-refractivity contribution in [1.29, 1.82) is 0 Å². The molecule has 1 saturated carbocycles. The van der Waals surface area contributed by atoms with Crippen molar-refractivity contribution in [2.45, 2.75) is 63.7 Å². The van der Waals surface area contributed by atoms with E-state index >= 15 is 0 Å². The maximum Gasteiger partial charge on any atom is 0.0809 e. The average molecular weight is 307 g/mol. The molecule has 0 aromatic rings. The van der Waals surface area contributed by atoms with Crippen molar-refractivity contribution in [3.63, 3.8) is 0 Å². The van der Waals surface area contributed by atoms with Crippen molar-refractivity contribution < 1.29 is 4.74 Å². The molecule has 3 rings (SSSR count). The van der Waals surface area contributed by atoms with Crippen LogP contribution in [0.15, 0.2) is 0 Å². The lowest BCUT2D eigenvalue weighted by Crippen LogP contribution is -2.68. The van der Waals surface area contributed by atoms with Crippen LogP contribution in [0.5, 0.6) is 0 Å². The minimum atomic E-state index is -0.0299. The summed E-state index contributed by atoms with van der Waals surface area (Å²) in [7, 11) is 6.68. The van der Waals surface area contributed by atoms with Gasteiger partial charge in [0.25, 0.3) is 0 Å². The van der Waals surface area contributed by atoms with E-state index in [1.54, 1.807) is 0 Å². The minimum absolute atomic E-state index is 0.0299. The van der Waals surface area contributed by atoms with Gasteiger partial charge in [-0.1, -0.05) is 50.9 Å². The number of rotatable bonds is 1. The number of nitrogens with zero attached hydrogens (tertiary/aromatic N) is 1. The Morgan fingerprint density at radius 2 is 1.90 bits per heavy atom. The van der Waals surface area contributed by atoms with Crippen molar-refractivity contribution in [1.82, 2.24) is 4.31 Å². The lowest BCUT2D eigenvalue weighted by atomic mass is 9.47. The average Bonchev–Trinajstić information content (AvgIpc) is 2.36. The normalized spacial score (nSPS) is 42.7. The van der Waals surface area contributed by atoms with Gasteiger partial charge in [-0.15, -0.1) is 0 Å². The first-order chi connectivity index (χ1) is 9.82. The molecule has 1 aliphatic carbocycles. The molecule has 118 valence electrons. The molecule has 2 radical (unpaired) electrons. The maximum atomic E-state index is 6.68. The van der Waals surface area contributed by atoms with E-state index in [2.05, 4.69) is 31.3 Å². The summed E-state index contributed by atoms with van der Waals surface area (Å²) in [6.45, 7) is 10.1. The predicted molar refractivity (Wildman–Crippen MR) is 91.7 cm³/mol. The fraction of sp³-hybridized carbons (Fsp3) is 1.00. The highest BCUT2D eigenvalue weighted by atomic mass is 32.2.